The smallest absolute Gasteiger partial charge is 0.226 e. The van der Waals surface area contributed by atoms with Crippen LogP contribution in [-0.2, 0) is 6.42 Å². The maximum atomic E-state index is 5.84. The average molecular weight is 280 g/mol. The van der Waals surface area contributed by atoms with E-state index in [0.717, 1.165) is 44.2 Å². The summed E-state index contributed by atoms with van der Waals surface area (Å²) in [6.07, 6.45) is 5.28. The molecule has 2 rings (SSSR count). The van der Waals surface area contributed by atoms with Crippen LogP contribution in [0.3, 0.4) is 0 Å². The first kappa shape index (κ1) is 14.0. The topological polar surface area (TPSA) is 64.9 Å². The molecule has 0 unspecified atom stereocenters. The predicted octanol–water partition coefficient (Wildman–Crippen LogP) is 3.45. The number of halogens is 1. The number of benzene rings is 1. The van der Waals surface area contributed by atoms with E-state index in [0.29, 0.717) is 16.7 Å². The fraction of sp³-hybridized carbons (Fsp3) is 0.429. The first-order valence-electron chi connectivity index (χ1n) is 6.58. The third-order valence-electron chi connectivity index (χ3n) is 2.92. The molecule has 0 bridgehead atoms. The Morgan fingerprint density at radius 1 is 1.05 bits per heavy atom. The van der Waals surface area contributed by atoms with Crippen molar-refractivity contribution in [1.29, 1.82) is 0 Å². The molecular formula is C14H18ClN3O. The molecule has 0 radical (unpaired) electrons. The number of aromatic nitrogens is 2. The van der Waals surface area contributed by atoms with E-state index in [1.54, 1.807) is 0 Å². The van der Waals surface area contributed by atoms with E-state index in [4.69, 9.17) is 21.9 Å². The van der Waals surface area contributed by atoms with Crippen molar-refractivity contribution in [3.8, 4) is 11.4 Å². The molecule has 0 aliphatic rings. The quantitative estimate of drug-likeness (QED) is 0.789. The molecule has 0 saturated carbocycles. The van der Waals surface area contributed by atoms with E-state index in [1.165, 1.54) is 0 Å². The summed E-state index contributed by atoms with van der Waals surface area (Å²) < 4.78 is 5.24. The van der Waals surface area contributed by atoms with Gasteiger partial charge in [-0.25, -0.2) is 0 Å². The van der Waals surface area contributed by atoms with Crippen LogP contribution < -0.4 is 5.73 Å². The zero-order valence-corrected chi connectivity index (χ0v) is 11.6. The zero-order chi connectivity index (χ0) is 13.5. The third kappa shape index (κ3) is 4.33. The lowest BCUT2D eigenvalue weighted by Crippen LogP contribution is -1.97. The Bertz CT molecular complexity index is 496. The molecule has 5 heteroatoms. The van der Waals surface area contributed by atoms with Crippen LogP contribution in [0.25, 0.3) is 11.4 Å². The van der Waals surface area contributed by atoms with Gasteiger partial charge in [0.15, 0.2) is 0 Å². The number of nitrogens with two attached hydrogens (primary N) is 1. The van der Waals surface area contributed by atoms with Crippen LogP contribution in [0.1, 0.15) is 31.6 Å². The van der Waals surface area contributed by atoms with Crippen LogP contribution in [0.4, 0.5) is 0 Å². The summed E-state index contributed by atoms with van der Waals surface area (Å²) in [4.78, 5) is 4.38. The number of aryl methyl sites for hydroxylation is 1. The highest BCUT2D eigenvalue weighted by Crippen LogP contribution is 2.19. The largest absolute Gasteiger partial charge is 0.339 e. The molecule has 0 saturated heterocycles. The fourth-order valence-corrected chi connectivity index (χ4v) is 1.97. The Morgan fingerprint density at radius 3 is 2.53 bits per heavy atom. The number of hydrogen-bond acceptors (Lipinski definition) is 4. The van der Waals surface area contributed by atoms with Crippen LogP contribution in [0.15, 0.2) is 28.8 Å². The van der Waals surface area contributed by atoms with Crippen LogP contribution in [0.2, 0.25) is 5.02 Å². The van der Waals surface area contributed by atoms with Gasteiger partial charge in [-0.2, -0.15) is 4.98 Å². The molecule has 2 N–H and O–H groups in total. The van der Waals surface area contributed by atoms with Gasteiger partial charge in [-0.05, 0) is 43.7 Å². The number of nitrogens with zero attached hydrogens (tertiary/aromatic N) is 2. The van der Waals surface area contributed by atoms with Gasteiger partial charge < -0.3 is 10.3 Å². The van der Waals surface area contributed by atoms with E-state index in [1.807, 2.05) is 24.3 Å². The molecule has 0 amide bonds. The normalized spacial score (nSPS) is 10.8. The lowest BCUT2D eigenvalue weighted by Gasteiger charge is -1.96. The Labute approximate surface area is 118 Å². The van der Waals surface area contributed by atoms with Gasteiger partial charge in [-0.3, -0.25) is 0 Å². The molecule has 0 spiro atoms. The van der Waals surface area contributed by atoms with E-state index >= 15 is 0 Å². The van der Waals surface area contributed by atoms with Gasteiger partial charge in [-0.1, -0.05) is 29.6 Å². The molecule has 1 aromatic heterocycles. The van der Waals surface area contributed by atoms with Gasteiger partial charge in [-0.15, -0.1) is 0 Å². The lowest BCUT2D eigenvalue weighted by atomic mass is 10.1. The van der Waals surface area contributed by atoms with Gasteiger partial charge in [0.2, 0.25) is 11.7 Å². The summed E-state index contributed by atoms with van der Waals surface area (Å²) in [5.41, 5.74) is 6.37. The highest BCUT2D eigenvalue weighted by Gasteiger charge is 2.08. The first-order valence-corrected chi connectivity index (χ1v) is 6.96. The van der Waals surface area contributed by atoms with Gasteiger partial charge >= 0.3 is 0 Å². The third-order valence-corrected chi connectivity index (χ3v) is 3.17. The maximum absolute atomic E-state index is 5.84. The van der Waals surface area contributed by atoms with E-state index in [-0.39, 0.29) is 0 Å². The Hall–Kier alpha value is -1.39. The minimum Gasteiger partial charge on any atom is -0.339 e. The molecule has 2 aromatic rings. The fourth-order valence-electron chi connectivity index (χ4n) is 1.85. The second-order valence-corrected chi connectivity index (χ2v) is 4.91. The first-order chi connectivity index (χ1) is 9.29. The number of unbranched alkanes of at least 4 members (excludes halogenated alkanes) is 3. The van der Waals surface area contributed by atoms with Crippen molar-refractivity contribution in [2.45, 2.75) is 32.1 Å². The maximum Gasteiger partial charge on any atom is 0.226 e. The molecule has 0 fully saturated rings. The van der Waals surface area contributed by atoms with Crippen LogP contribution in [0.5, 0.6) is 0 Å². The molecule has 102 valence electrons. The Balaban J connectivity index is 1.86. The Morgan fingerprint density at radius 2 is 1.79 bits per heavy atom. The average Bonchev–Trinajstić information content (AvgIpc) is 2.88. The molecule has 0 atom stereocenters. The van der Waals surface area contributed by atoms with Crippen LogP contribution in [-0.4, -0.2) is 16.7 Å². The van der Waals surface area contributed by atoms with Crippen molar-refractivity contribution < 1.29 is 4.52 Å². The van der Waals surface area contributed by atoms with E-state index in [9.17, 15) is 0 Å². The second kappa shape index (κ2) is 7.26. The summed E-state index contributed by atoms with van der Waals surface area (Å²) in [6, 6.07) is 7.41. The highest BCUT2D eigenvalue weighted by molar-refractivity contribution is 6.30. The molecule has 19 heavy (non-hydrogen) atoms. The number of rotatable bonds is 7. The summed E-state index contributed by atoms with van der Waals surface area (Å²) >= 11 is 5.84. The summed E-state index contributed by atoms with van der Waals surface area (Å²) in [6.45, 7) is 0.765. The second-order valence-electron chi connectivity index (χ2n) is 4.47. The van der Waals surface area contributed by atoms with Crippen LogP contribution in [0, 0.1) is 0 Å². The van der Waals surface area contributed by atoms with Crippen molar-refractivity contribution in [1.82, 2.24) is 10.1 Å². The summed E-state index contributed by atoms with van der Waals surface area (Å²) in [5.74, 6) is 1.31. The highest BCUT2D eigenvalue weighted by atomic mass is 35.5. The summed E-state index contributed by atoms with van der Waals surface area (Å²) in [5, 5.41) is 4.68. The zero-order valence-electron chi connectivity index (χ0n) is 10.8. The van der Waals surface area contributed by atoms with E-state index < -0.39 is 0 Å². The molecule has 0 aliphatic carbocycles. The van der Waals surface area contributed by atoms with Gasteiger partial charge in [0.25, 0.3) is 0 Å². The van der Waals surface area contributed by atoms with Crippen molar-refractivity contribution >= 4 is 11.6 Å². The molecular weight excluding hydrogens is 262 g/mol. The molecule has 1 heterocycles. The monoisotopic (exact) mass is 279 g/mol. The SMILES string of the molecule is NCCCCCCc1nc(-c2ccc(Cl)cc2)no1. The van der Waals surface area contributed by atoms with E-state index in [2.05, 4.69) is 10.1 Å². The standard InChI is InChI=1S/C14H18ClN3O/c15-12-8-6-11(7-9-12)14-17-13(19-18-14)5-3-1-2-4-10-16/h6-9H,1-5,10,16H2. The van der Waals surface area contributed by atoms with Gasteiger partial charge in [0, 0.05) is 17.0 Å². The minimum absolute atomic E-state index is 0.619. The van der Waals surface area contributed by atoms with Crippen LogP contribution >= 0.6 is 11.6 Å². The molecule has 1 aromatic carbocycles. The lowest BCUT2D eigenvalue weighted by molar-refractivity contribution is 0.374. The molecule has 0 aliphatic heterocycles. The predicted molar refractivity (Wildman–Crippen MR) is 76.0 cm³/mol. The van der Waals surface area contributed by atoms with Crippen molar-refractivity contribution in [2.24, 2.45) is 5.73 Å². The minimum atomic E-state index is 0.619. The van der Waals surface area contributed by atoms with Crippen molar-refractivity contribution in [2.75, 3.05) is 6.54 Å². The molecule has 4 nitrogen and oxygen atoms in total. The van der Waals surface area contributed by atoms with Gasteiger partial charge in [0.1, 0.15) is 0 Å². The number of hydrogen-bond donors (Lipinski definition) is 1. The van der Waals surface area contributed by atoms with Gasteiger partial charge in [0.05, 0.1) is 0 Å². The Kier molecular flexibility index (Phi) is 5.36. The van der Waals surface area contributed by atoms with Crippen molar-refractivity contribution in [3.63, 3.8) is 0 Å². The summed E-state index contributed by atoms with van der Waals surface area (Å²) in [7, 11) is 0. The van der Waals surface area contributed by atoms with Crippen molar-refractivity contribution in [3.05, 3.63) is 35.2 Å².